The molecule has 2 heterocycles. The summed E-state index contributed by atoms with van der Waals surface area (Å²) >= 11 is 1.50. The van der Waals surface area contributed by atoms with Crippen molar-refractivity contribution in [3.05, 3.63) is 83.4 Å². The third-order valence-corrected chi connectivity index (χ3v) is 6.19. The van der Waals surface area contributed by atoms with E-state index in [1.54, 1.807) is 18.3 Å². The maximum atomic E-state index is 13.2. The monoisotopic (exact) mass is 477 g/mol. The van der Waals surface area contributed by atoms with Crippen LogP contribution in [0.2, 0.25) is 0 Å². The van der Waals surface area contributed by atoms with Crippen molar-refractivity contribution in [2.45, 2.75) is 17.8 Å². The predicted molar refractivity (Wildman–Crippen MR) is 133 cm³/mol. The van der Waals surface area contributed by atoms with E-state index in [-0.39, 0.29) is 11.6 Å². The average Bonchev–Trinajstić information content (AvgIpc) is 3.17. The zero-order valence-electron chi connectivity index (χ0n) is 19.0. The van der Waals surface area contributed by atoms with Crippen molar-refractivity contribution in [1.29, 1.82) is 0 Å². The number of thioether (sulfide) groups is 1. The Labute approximate surface area is 201 Å². The fourth-order valence-corrected chi connectivity index (χ4v) is 3.93. The number of amides is 1. The second kappa shape index (κ2) is 9.92. The lowest BCUT2D eigenvalue weighted by atomic mass is 10.1. The van der Waals surface area contributed by atoms with E-state index in [1.807, 2.05) is 54.9 Å². The molecule has 4 aromatic rings. The number of nitrogens with one attached hydrogen (secondary N) is 1. The summed E-state index contributed by atoms with van der Waals surface area (Å²) in [4.78, 5) is 23.4. The molecule has 0 spiro atoms. The number of hydrogen-bond acceptors (Lipinski definition) is 7. The molecule has 2 aromatic carbocycles. The van der Waals surface area contributed by atoms with Gasteiger partial charge in [-0.15, -0.1) is 0 Å². The summed E-state index contributed by atoms with van der Waals surface area (Å²) in [6, 6.07) is 14.9. The second-order valence-corrected chi connectivity index (χ2v) is 8.64. The van der Waals surface area contributed by atoms with Gasteiger partial charge in [-0.05, 0) is 48.9 Å². The number of halogens is 1. The summed E-state index contributed by atoms with van der Waals surface area (Å²) in [6.07, 6.45) is 1.73. The zero-order valence-corrected chi connectivity index (χ0v) is 19.8. The Hall–Kier alpha value is -3.92. The lowest BCUT2D eigenvalue weighted by Gasteiger charge is -2.15. The number of benzene rings is 2. The maximum absolute atomic E-state index is 13.2. The highest BCUT2D eigenvalue weighted by Crippen LogP contribution is 2.25. The fraction of sp³-hybridized carbons (Fsp3) is 0.167. The fourth-order valence-electron chi connectivity index (χ4n) is 3.15. The summed E-state index contributed by atoms with van der Waals surface area (Å²) in [7, 11) is 3.82. The van der Waals surface area contributed by atoms with Crippen molar-refractivity contribution in [2.75, 3.05) is 23.0 Å². The van der Waals surface area contributed by atoms with Gasteiger partial charge in [-0.2, -0.15) is 5.10 Å². The van der Waals surface area contributed by atoms with Crippen molar-refractivity contribution >= 4 is 40.7 Å². The molecule has 0 unspecified atom stereocenters. The van der Waals surface area contributed by atoms with E-state index in [0.29, 0.717) is 22.2 Å². The van der Waals surface area contributed by atoms with Crippen LogP contribution in [0.25, 0.3) is 0 Å². The first kappa shape index (κ1) is 23.2. The topological polar surface area (TPSA) is 102 Å². The predicted octanol–water partition coefficient (Wildman–Crippen LogP) is 4.55. The molecule has 1 amide bonds. The van der Waals surface area contributed by atoms with Gasteiger partial charge in [0.15, 0.2) is 11.0 Å². The third-order valence-electron chi connectivity index (χ3n) is 5.25. The van der Waals surface area contributed by atoms with Gasteiger partial charge in [0.2, 0.25) is 0 Å². The largest absolute Gasteiger partial charge is 0.397 e. The Morgan fingerprint density at radius 2 is 1.91 bits per heavy atom. The Morgan fingerprint density at radius 1 is 1.15 bits per heavy atom. The van der Waals surface area contributed by atoms with Crippen LogP contribution in [-0.2, 0) is 12.8 Å². The molecule has 0 fully saturated rings. The van der Waals surface area contributed by atoms with Gasteiger partial charge in [0.25, 0.3) is 5.91 Å². The standard InChI is InChI=1S/C24H24FN7OS/c1-15-12-22(30-32(15)3)31(2)21-10-11-27-24(29-21)34-14-16-4-6-17(7-5-16)23(33)28-20-9-8-18(25)13-19(20)26/h4-13H,14,26H2,1-3H3,(H,28,33). The van der Waals surface area contributed by atoms with Gasteiger partial charge in [-0.3, -0.25) is 9.48 Å². The average molecular weight is 478 g/mol. The first-order chi connectivity index (χ1) is 16.3. The molecule has 4 rings (SSSR count). The van der Waals surface area contributed by atoms with Crippen LogP contribution < -0.4 is 16.0 Å². The normalized spacial score (nSPS) is 10.8. The van der Waals surface area contributed by atoms with Crippen molar-refractivity contribution in [3.63, 3.8) is 0 Å². The van der Waals surface area contributed by atoms with E-state index in [1.165, 1.54) is 30.0 Å². The van der Waals surface area contributed by atoms with Crippen LogP contribution >= 0.6 is 11.8 Å². The molecule has 0 atom stereocenters. The number of aromatic nitrogens is 4. The molecular formula is C24H24FN7OS. The van der Waals surface area contributed by atoms with Crippen LogP contribution in [0.15, 0.2) is 66.0 Å². The number of nitrogens with two attached hydrogens (primary N) is 1. The lowest BCUT2D eigenvalue weighted by molar-refractivity contribution is 0.102. The number of carbonyl (C=O) groups is 1. The maximum Gasteiger partial charge on any atom is 0.255 e. The second-order valence-electron chi connectivity index (χ2n) is 7.70. The van der Waals surface area contributed by atoms with E-state index in [0.717, 1.165) is 22.9 Å². The van der Waals surface area contributed by atoms with Crippen LogP contribution in [0.5, 0.6) is 0 Å². The molecule has 0 radical (unpaired) electrons. The number of anilines is 4. The van der Waals surface area contributed by atoms with E-state index in [9.17, 15) is 9.18 Å². The van der Waals surface area contributed by atoms with E-state index >= 15 is 0 Å². The zero-order chi connectivity index (χ0) is 24.2. The quantitative estimate of drug-likeness (QED) is 0.229. The van der Waals surface area contributed by atoms with Crippen LogP contribution in [-0.4, -0.2) is 32.7 Å². The van der Waals surface area contributed by atoms with E-state index in [2.05, 4.69) is 20.4 Å². The Bertz CT molecular complexity index is 1300. The van der Waals surface area contributed by atoms with Gasteiger partial charge >= 0.3 is 0 Å². The molecule has 3 N–H and O–H groups in total. The molecule has 2 aromatic heterocycles. The Morgan fingerprint density at radius 3 is 2.59 bits per heavy atom. The summed E-state index contributed by atoms with van der Waals surface area (Å²) in [5, 5.41) is 7.83. The minimum Gasteiger partial charge on any atom is -0.397 e. The van der Waals surface area contributed by atoms with Crippen molar-refractivity contribution in [3.8, 4) is 0 Å². The summed E-state index contributed by atoms with van der Waals surface area (Å²) in [5.41, 5.74) is 8.86. The van der Waals surface area contributed by atoms with E-state index < -0.39 is 5.82 Å². The molecule has 34 heavy (non-hydrogen) atoms. The summed E-state index contributed by atoms with van der Waals surface area (Å²) < 4.78 is 15.0. The third kappa shape index (κ3) is 5.34. The van der Waals surface area contributed by atoms with Crippen LogP contribution in [0.4, 0.5) is 27.4 Å². The van der Waals surface area contributed by atoms with Crippen LogP contribution in [0.3, 0.4) is 0 Å². The van der Waals surface area contributed by atoms with Gasteiger partial charge in [0.1, 0.15) is 11.6 Å². The number of hydrogen-bond donors (Lipinski definition) is 2. The van der Waals surface area contributed by atoms with Crippen molar-refractivity contribution < 1.29 is 9.18 Å². The van der Waals surface area contributed by atoms with Gasteiger partial charge < -0.3 is 16.0 Å². The highest BCUT2D eigenvalue weighted by molar-refractivity contribution is 7.98. The number of nitrogens with zero attached hydrogens (tertiary/aromatic N) is 5. The molecule has 8 nitrogen and oxygen atoms in total. The molecular weight excluding hydrogens is 453 g/mol. The SMILES string of the molecule is Cc1cc(N(C)c2ccnc(SCc3ccc(C(=O)Nc4ccc(F)cc4N)cc3)n2)nn1C. The molecule has 0 aliphatic carbocycles. The summed E-state index contributed by atoms with van der Waals surface area (Å²) in [5.74, 6) is 1.43. The van der Waals surface area contributed by atoms with Crippen molar-refractivity contribution in [1.82, 2.24) is 19.7 Å². The number of carbonyl (C=O) groups excluding carboxylic acids is 1. The number of nitrogen functional groups attached to an aromatic ring is 1. The first-order valence-corrected chi connectivity index (χ1v) is 11.4. The van der Waals surface area contributed by atoms with Gasteiger partial charge in [0.05, 0.1) is 11.4 Å². The number of rotatable bonds is 7. The van der Waals surface area contributed by atoms with Crippen molar-refractivity contribution in [2.24, 2.45) is 7.05 Å². The minimum atomic E-state index is -0.453. The molecule has 174 valence electrons. The molecule has 0 saturated carbocycles. The van der Waals surface area contributed by atoms with Crippen LogP contribution in [0, 0.1) is 12.7 Å². The minimum absolute atomic E-state index is 0.174. The molecule has 10 heteroatoms. The van der Waals surface area contributed by atoms with Gasteiger partial charge in [-0.25, -0.2) is 14.4 Å². The first-order valence-electron chi connectivity index (χ1n) is 10.5. The molecule has 0 bridgehead atoms. The summed E-state index contributed by atoms with van der Waals surface area (Å²) in [6.45, 7) is 2.00. The van der Waals surface area contributed by atoms with Gasteiger partial charge in [-0.1, -0.05) is 23.9 Å². The molecule has 0 saturated heterocycles. The highest BCUT2D eigenvalue weighted by atomic mass is 32.2. The molecule has 0 aliphatic heterocycles. The lowest BCUT2D eigenvalue weighted by Crippen LogP contribution is -2.13. The molecule has 0 aliphatic rings. The van der Waals surface area contributed by atoms with Gasteiger partial charge in [0, 0.05) is 43.4 Å². The number of aryl methyl sites for hydroxylation is 2. The smallest absolute Gasteiger partial charge is 0.255 e. The Balaban J connectivity index is 1.37. The van der Waals surface area contributed by atoms with Crippen LogP contribution in [0.1, 0.15) is 21.6 Å². The Kier molecular flexibility index (Phi) is 6.78. The van der Waals surface area contributed by atoms with E-state index in [4.69, 9.17) is 5.73 Å². The highest BCUT2D eigenvalue weighted by Gasteiger charge is 2.12.